The molecule has 0 amide bonds. The summed E-state index contributed by atoms with van der Waals surface area (Å²) < 4.78 is 10.7. The quantitative estimate of drug-likeness (QED) is 0.0374. The fourth-order valence-corrected chi connectivity index (χ4v) is 8.09. The lowest BCUT2D eigenvalue weighted by molar-refractivity contribution is -0.161. The van der Waals surface area contributed by atoms with Crippen molar-refractivity contribution in [3.63, 3.8) is 0 Å². The zero-order valence-electron chi connectivity index (χ0n) is 43.0. The van der Waals surface area contributed by atoms with E-state index < -0.39 is 6.10 Å². The summed E-state index contributed by atoms with van der Waals surface area (Å²) in [6.45, 7) is 4.04. The third-order valence-corrected chi connectivity index (χ3v) is 12.3. The SMILES string of the molecule is CC/C=C\C/C=C\C/C=C\C/C=C\C/C=C\C/C=C\CCCCCCC(=O)OC(CO)COC(=O)CCCCCCCCCCCCCCCCCCCCCCCCCCCCCC. The molecule has 1 N–H and O–H groups in total. The Morgan fingerprint density at radius 2 is 0.662 bits per heavy atom. The molecule has 376 valence electrons. The number of esters is 2. The van der Waals surface area contributed by atoms with Gasteiger partial charge in [0.1, 0.15) is 6.61 Å². The number of aliphatic hydroxyl groups is 1. The number of aliphatic hydroxyl groups excluding tert-OH is 1. The van der Waals surface area contributed by atoms with Gasteiger partial charge in [0.15, 0.2) is 6.10 Å². The zero-order valence-corrected chi connectivity index (χ0v) is 43.0. The lowest BCUT2D eigenvalue weighted by Crippen LogP contribution is -2.28. The average Bonchev–Trinajstić information content (AvgIpc) is 3.31. The topological polar surface area (TPSA) is 72.8 Å². The minimum Gasteiger partial charge on any atom is -0.462 e. The normalized spacial score (nSPS) is 12.7. The standard InChI is InChI=1S/C60H106O5/c1-3-5-7-9-11-13-15-17-19-21-23-25-27-28-29-30-31-33-34-36-38-40-42-44-46-48-50-52-54-59(62)64-57-58(56-61)65-60(63)55-53-51-49-47-45-43-41-39-37-35-32-26-24-22-20-18-16-14-12-10-8-6-4-2/h6,8,12,14,18,20,24,26,35,37,41,43,58,61H,3-5,7,9-11,13,15-17,19,21-23,25,27-34,36,38-40,42,44-57H2,1-2H3/b8-6-,14-12-,20-18-,26-24-,37-35-,43-41-. The molecule has 0 saturated carbocycles. The molecule has 0 aromatic carbocycles. The second-order valence-electron chi connectivity index (χ2n) is 18.6. The number of unbranched alkanes of at least 4 members (excludes halogenated alkanes) is 31. The Balaban J connectivity index is 3.51. The summed E-state index contributed by atoms with van der Waals surface area (Å²) in [5.74, 6) is -0.612. The minimum absolute atomic E-state index is 0.0768. The molecule has 0 aromatic heterocycles. The van der Waals surface area contributed by atoms with Gasteiger partial charge in [-0.1, -0.05) is 273 Å². The van der Waals surface area contributed by atoms with Crippen LogP contribution in [0.25, 0.3) is 0 Å². The number of hydrogen-bond donors (Lipinski definition) is 1. The lowest BCUT2D eigenvalue weighted by Gasteiger charge is -2.15. The van der Waals surface area contributed by atoms with E-state index in [-0.39, 0.29) is 25.2 Å². The first-order valence-corrected chi connectivity index (χ1v) is 28.0. The van der Waals surface area contributed by atoms with E-state index in [0.717, 1.165) is 89.9 Å². The van der Waals surface area contributed by atoms with Crippen molar-refractivity contribution in [1.82, 2.24) is 0 Å². The van der Waals surface area contributed by atoms with E-state index in [1.54, 1.807) is 0 Å². The number of hydrogen-bond acceptors (Lipinski definition) is 5. The maximum absolute atomic E-state index is 12.3. The molecular weight excluding hydrogens is 801 g/mol. The summed E-state index contributed by atoms with van der Waals surface area (Å²) in [6.07, 6.45) is 75.9. The van der Waals surface area contributed by atoms with Gasteiger partial charge in [0, 0.05) is 12.8 Å². The molecule has 0 radical (unpaired) electrons. The molecule has 0 bridgehead atoms. The van der Waals surface area contributed by atoms with Crippen molar-refractivity contribution >= 4 is 11.9 Å². The molecule has 5 heteroatoms. The zero-order chi connectivity index (χ0) is 47.0. The molecular formula is C60H106O5. The van der Waals surface area contributed by atoms with Gasteiger partial charge in [-0.3, -0.25) is 9.59 Å². The van der Waals surface area contributed by atoms with Crippen LogP contribution in [0.15, 0.2) is 72.9 Å². The van der Waals surface area contributed by atoms with E-state index in [1.165, 1.54) is 161 Å². The van der Waals surface area contributed by atoms with E-state index in [0.29, 0.717) is 12.8 Å². The third-order valence-electron chi connectivity index (χ3n) is 12.3. The highest BCUT2D eigenvalue weighted by Gasteiger charge is 2.16. The smallest absolute Gasteiger partial charge is 0.306 e. The van der Waals surface area contributed by atoms with E-state index in [9.17, 15) is 14.7 Å². The molecule has 0 aromatic rings. The first-order valence-electron chi connectivity index (χ1n) is 28.0. The Morgan fingerprint density at radius 1 is 0.369 bits per heavy atom. The van der Waals surface area contributed by atoms with Crippen molar-refractivity contribution in [2.45, 2.75) is 283 Å². The molecule has 0 heterocycles. The van der Waals surface area contributed by atoms with Crippen LogP contribution in [0.5, 0.6) is 0 Å². The van der Waals surface area contributed by atoms with Crippen molar-refractivity contribution in [1.29, 1.82) is 0 Å². The van der Waals surface area contributed by atoms with E-state index in [4.69, 9.17) is 9.47 Å². The Labute approximate surface area is 403 Å². The first-order chi connectivity index (χ1) is 32.1. The Hall–Kier alpha value is -2.66. The molecule has 1 unspecified atom stereocenters. The van der Waals surface area contributed by atoms with Gasteiger partial charge in [0.05, 0.1) is 6.61 Å². The number of carbonyl (C=O) groups is 2. The molecule has 1 atom stereocenters. The molecule has 0 aliphatic rings. The average molecular weight is 908 g/mol. The van der Waals surface area contributed by atoms with Crippen LogP contribution in [0.1, 0.15) is 277 Å². The summed E-state index contributed by atoms with van der Waals surface area (Å²) in [6, 6.07) is 0. The van der Waals surface area contributed by atoms with Gasteiger partial charge < -0.3 is 14.6 Å². The number of allylic oxidation sites excluding steroid dienone is 12. The van der Waals surface area contributed by atoms with Crippen LogP contribution in [0.3, 0.4) is 0 Å². The predicted octanol–water partition coefficient (Wildman–Crippen LogP) is 18.8. The number of ether oxygens (including phenoxy) is 2. The van der Waals surface area contributed by atoms with Crippen LogP contribution in [0.2, 0.25) is 0 Å². The fourth-order valence-electron chi connectivity index (χ4n) is 8.09. The fraction of sp³-hybridized carbons (Fsp3) is 0.767. The molecule has 0 rings (SSSR count). The highest BCUT2D eigenvalue weighted by atomic mass is 16.6. The Bertz CT molecular complexity index is 1160. The van der Waals surface area contributed by atoms with Gasteiger partial charge in [0.2, 0.25) is 0 Å². The van der Waals surface area contributed by atoms with Crippen LogP contribution in [-0.2, 0) is 19.1 Å². The Kier molecular flexibility index (Phi) is 53.4. The van der Waals surface area contributed by atoms with Crippen molar-refractivity contribution in [3.05, 3.63) is 72.9 Å². The van der Waals surface area contributed by atoms with Crippen LogP contribution in [-0.4, -0.2) is 36.4 Å². The predicted molar refractivity (Wildman–Crippen MR) is 283 cm³/mol. The van der Waals surface area contributed by atoms with Gasteiger partial charge in [-0.15, -0.1) is 0 Å². The van der Waals surface area contributed by atoms with Crippen LogP contribution in [0.4, 0.5) is 0 Å². The summed E-state index contributed by atoms with van der Waals surface area (Å²) in [7, 11) is 0. The monoisotopic (exact) mass is 907 g/mol. The summed E-state index contributed by atoms with van der Waals surface area (Å²) >= 11 is 0. The summed E-state index contributed by atoms with van der Waals surface area (Å²) in [4.78, 5) is 24.5. The molecule has 65 heavy (non-hydrogen) atoms. The summed E-state index contributed by atoms with van der Waals surface area (Å²) in [5, 5.41) is 9.64. The lowest BCUT2D eigenvalue weighted by atomic mass is 10.0. The minimum atomic E-state index is -0.789. The highest BCUT2D eigenvalue weighted by Crippen LogP contribution is 2.17. The van der Waals surface area contributed by atoms with Crippen molar-refractivity contribution in [2.24, 2.45) is 0 Å². The van der Waals surface area contributed by atoms with Gasteiger partial charge in [-0.2, -0.15) is 0 Å². The van der Waals surface area contributed by atoms with Gasteiger partial charge in [0.25, 0.3) is 0 Å². The molecule has 0 aliphatic carbocycles. The van der Waals surface area contributed by atoms with E-state index in [1.807, 2.05) is 0 Å². The first kappa shape index (κ1) is 62.3. The van der Waals surface area contributed by atoms with Crippen molar-refractivity contribution < 1.29 is 24.2 Å². The van der Waals surface area contributed by atoms with E-state index in [2.05, 4.69) is 86.8 Å². The van der Waals surface area contributed by atoms with Crippen LogP contribution in [0, 0.1) is 0 Å². The highest BCUT2D eigenvalue weighted by molar-refractivity contribution is 5.70. The van der Waals surface area contributed by atoms with Crippen molar-refractivity contribution in [2.75, 3.05) is 13.2 Å². The molecule has 0 aliphatic heterocycles. The second-order valence-corrected chi connectivity index (χ2v) is 18.6. The van der Waals surface area contributed by atoms with Crippen LogP contribution >= 0.6 is 0 Å². The second kappa shape index (κ2) is 55.7. The number of rotatable bonds is 51. The maximum Gasteiger partial charge on any atom is 0.306 e. The van der Waals surface area contributed by atoms with Gasteiger partial charge >= 0.3 is 11.9 Å². The summed E-state index contributed by atoms with van der Waals surface area (Å²) in [5.41, 5.74) is 0. The molecule has 0 spiro atoms. The van der Waals surface area contributed by atoms with E-state index >= 15 is 0 Å². The molecule has 0 saturated heterocycles. The maximum atomic E-state index is 12.3. The largest absolute Gasteiger partial charge is 0.462 e. The third kappa shape index (κ3) is 53.8. The van der Waals surface area contributed by atoms with Crippen molar-refractivity contribution in [3.8, 4) is 0 Å². The molecule has 0 fully saturated rings. The number of carbonyl (C=O) groups excluding carboxylic acids is 2. The van der Waals surface area contributed by atoms with Crippen LogP contribution < -0.4 is 0 Å². The van der Waals surface area contributed by atoms with Gasteiger partial charge in [-0.25, -0.2) is 0 Å². The molecule has 5 nitrogen and oxygen atoms in total. The van der Waals surface area contributed by atoms with Gasteiger partial charge in [-0.05, 0) is 64.2 Å². The Morgan fingerprint density at radius 3 is 1.00 bits per heavy atom.